The lowest BCUT2D eigenvalue weighted by atomic mass is 10.0. The molecule has 0 saturated carbocycles. The highest BCUT2D eigenvalue weighted by Gasteiger charge is 2.35. The third-order valence-corrected chi connectivity index (χ3v) is 5.64. The van der Waals surface area contributed by atoms with Gasteiger partial charge in [0, 0.05) is 11.6 Å². The minimum atomic E-state index is -4.62. The Bertz CT molecular complexity index is 1460. The summed E-state index contributed by atoms with van der Waals surface area (Å²) in [5.41, 5.74) is 0.0688. The van der Waals surface area contributed by atoms with Gasteiger partial charge in [0.25, 0.3) is 0 Å². The molecule has 0 fully saturated rings. The van der Waals surface area contributed by atoms with Gasteiger partial charge in [0.05, 0.1) is 48.4 Å². The zero-order valence-electron chi connectivity index (χ0n) is 19.4. The summed E-state index contributed by atoms with van der Waals surface area (Å²) in [6.45, 7) is 2.46. The minimum absolute atomic E-state index is 0.0131. The number of imidazole rings is 1. The van der Waals surface area contributed by atoms with E-state index in [0.717, 1.165) is 12.1 Å². The molecule has 0 bridgehead atoms. The first-order valence-electron chi connectivity index (χ1n) is 11.3. The molecule has 12 heteroatoms. The van der Waals surface area contributed by atoms with Gasteiger partial charge in [-0.05, 0) is 36.8 Å². The van der Waals surface area contributed by atoms with Crippen LogP contribution in [0.25, 0.3) is 22.6 Å². The predicted octanol–water partition coefficient (Wildman–Crippen LogP) is 6.17. The fourth-order valence-electron chi connectivity index (χ4n) is 3.90. The third kappa shape index (κ3) is 5.04. The summed E-state index contributed by atoms with van der Waals surface area (Å²) < 4.78 is 79.6. The van der Waals surface area contributed by atoms with Crippen molar-refractivity contribution in [2.24, 2.45) is 5.10 Å². The Kier molecular flexibility index (Phi) is 6.40. The molecule has 0 atom stereocenters. The maximum atomic E-state index is 14.2. The lowest BCUT2D eigenvalue weighted by Crippen LogP contribution is -2.21. The van der Waals surface area contributed by atoms with Crippen molar-refractivity contribution in [3.05, 3.63) is 76.8 Å². The molecule has 4 aromatic rings. The highest BCUT2D eigenvalue weighted by Crippen LogP contribution is 2.39. The molecule has 0 unspecified atom stereocenters. The van der Waals surface area contributed by atoms with Crippen LogP contribution in [0.4, 0.5) is 22.0 Å². The van der Waals surface area contributed by atoms with Crippen LogP contribution in [0.15, 0.2) is 52.1 Å². The lowest BCUT2D eigenvalue weighted by molar-refractivity contribution is -0.137. The lowest BCUT2D eigenvalue weighted by Gasteiger charge is -2.19. The quantitative estimate of drug-likeness (QED) is 0.297. The van der Waals surface area contributed by atoms with Gasteiger partial charge in [0.15, 0.2) is 17.4 Å². The molecule has 0 radical (unpaired) electrons. The van der Waals surface area contributed by atoms with E-state index in [2.05, 4.69) is 20.2 Å². The van der Waals surface area contributed by atoms with E-state index in [9.17, 15) is 22.0 Å². The second kappa shape index (κ2) is 9.68. The number of fused-ring (bicyclic) bond motifs is 1. The topological polar surface area (TPSA) is 79.5 Å². The number of benzene rings is 2. The van der Waals surface area contributed by atoms with Gasteiger partial charge in [0.2, 0.25) is 0 Å². The van der Waals surface area contributed by atoms with Crippen LogP contribution in [0.3, 0.4) is 0 Å². The zero-order chi connectivity index (χ0) is 26.2. The average molecular weight is 517 g/mol. The van der Waals surface area contributed by atoms with Crippen LogP contribution in [-0.4, -0.2) is 33.0 Å². The number of nitrogens with zero attached hydrogens (tertiary/aromatic N) is 4. The van der Waals surface area contributed by atoms with E-state index in [1.54, 1.807) is 5.01 Å². The summed E-state index contributed by atoms with van der Waals surface area (Å²) in [6.07, 6.45) is -2.48. The van der Waals surface area contributed by atoms with Crippen LogP contribution in [-0.2, 0) is 19.3 Å². The van der Waals surface area contributed by atoms with Crippen molar-refractivity contribution in [3.8, 4) is 28.4 Å². The van der Waals surface area contributed by atoms with Gasteiger partial charge < -0.3 is 14.2 Å². The molecule has 7 nitrogen and oxygen atoms in total. The Morgan fingerprint density at radius 1 is 1.11 bits per heavy atom. The van der Waals surface area contributed by atoms with Crippen LogP contribution >= 0.6 is 0 Å². The number of alkyl halides is 3. The summed E-state index contributed by atoms with van der Waals surface area (Å²) >= 11 is 0. The van der Waals surface area contributed by atoms with Crippen molar-refractivity contribution in [1.29, 1.82) is 0 Å². The molecule has 1 aliphatic heterocycles. The Labute approximate surface area is 207 Å². The van der Waals surface area contributed by atoms with Crippen LogP contribution in [0, 0.1) is 11.6 Å². The molecule has 5 rings (SSSR count). The second-order valence-electron chi connectivity index (χ2n) is 8.35. The van der Waals surface area contributed by atoms with Gasteiger partial charge >= 0.3 is 6.18 Å². The van der Waals surface area contributed by atoms with Gasteiger partial charge in [-0.2, -0.15) is 18.3 Å². The predicted molar refractivity (Wildman–Crippen MR) is 124 cm³/mol. The van der Waals surface area contributed by atoms with Crippen molar-refractivity contribution in [2.45, 2.75) is 32.6 Å². The van der Waals surface area contributed by atoms with E-state index in [1.165, 1.54) is 36.5 Å². The van der Waals surface area contributed by atoms with Gasteiger partial charge in [-0.25, -0.2) is 13.8 Å². The Morgan fingerprint density at radius 2 is 1.95 bits per heavy atom. The number of halogens is 5. The number of hydrogen-bond donors (Lipinski definition) is 1. The molecule has 2 aromatic carbocycles. The number of hydrogen-bond acceptors (Lipinski definition) is 6. The molecule has 0 aliphatic carbocycles. The summed E-state index contributed by atoms with van der Waals surface area (Å²) in [5.74, 6) is -1.44. The highest BCUT2D eigenvalue weighted by atomic mass is 19.4. The highest BCUT2D eigenvalue weighted by molar-refractivity contribution is 5.80. The first-order valence-corrected chi connectivity index (χ1v) is 11.3. The standard InChI is InChI=1S/C25H20F5N5O2/c1-2-8-36-14-6-7-16(18(9-14)25(28,29)30)20-10-15(37-34-20)12-35-13-22-21(11-31-35)32-24(33-22)17-4-3-5-19(26)23(17)27/h3-7,9-11H,2,8,12-13H2,1H3,(H,32,33). The van der Waals surface area contributed by atoms with Crippen molar-refractivity contribution in [3.63, 3.8) is 0 Å². The van der Waals surface area contributed by atoms with Crippen molar-refractivity contribution < 1.29 is 31.2 Å². The average Bonchev–Trinajstić information content (AvgIpc) is 3.50. The van der Waals surface area contributed by atoms with E-state index in [1.807, 2.05) is 6.92 Å². The summed E-state index contributed by atoms with van der Waals surface area (Å²) in [5, 5.41) is 9.67. The Balaban J connectivity index is 1.33. The van der Waals surface area contributed by atoms with Crippen LogP contribution < -0.4 is 4.74 Å². The summed E-state index contributed by atoms with van der Waals surface area (Å²) in [7, 11) is 0. The molecular formula is C25H20F5N5O2. The van der Waals surface area contributed by atoms with Crippen molar-refractivity contribution >= 4 is 6.21 Å². The van der Waals surface area contributed by atoms with Gasteiger partial charge in [0.1, 0.15) is 17.3 Å². The summed E-state index contributed by atoms with van der Waals surface area (Å²) in [6, 6.07) is 8.94. The van der Waals surface area contributed by atoms with Crippen molar-refractivity contribution in [2.75, 3.05) is 6.61 Å². The Hall–Kier alpha value is -4.22. The van der Waals surface area contributed by atoms with Gasteiger partial charge in [-0.3, -0.25) is 5.01 Å². The maximum absolute atomic E-state index is 14.2. The SMILES string of the molecule is CCCOc1ccc(-c2cc(CN3Cc4nc(-c5cccc(F)c5F)[nH]c4C=N3)on2)c(C(F)(F)F)c1. The molecule has 0 amide bonds. The fraction of sp³-hybridized carbons (Fsp3) is 0.240. The molecule has 3 heterocycles. The number of ether oxygens (including phenoxy) is 1. The maximum Gasteiger partial charge on any atom is 0.417 e. The summed E-state index contributed by atoms with van der Waals surface area (Å²) in [4.78, 5) is 7.28. The molecule has 192 valence electrons. The smallest absolute Gasteiger partial charge is 0.417 e. The van der Waals surface area contributed by atoms with Gasteiger partial charge in [-0.1, -0.05) is 18.1 Å². The largest absolute Gasteiger partial charge is 0.494 e. The van der Waals surface area contributed by atoms with Crippen LogP contribution in [0.5, 0.6) is 5.75 Å². The molecule has 0 spiro atoms. The van der Waals surface area contributed by atoms with Crippen LogP contribution in [0.1, 0.15) is 36.1 Å². The molecule has 0 saturated heterocycles. The van der Waals surface area contributed by atoms with E-state index < -0.39 is 23.4 Å². The first kappa shape index (κ1) is 24.5. The number of rotatable bonds is 7. The number of aromatic amines is 1. The van der Waals surface area contributed by atoms with E-state index in [0.29, 0.717) is 24.4 Å². The monoisotopic (exact) mass is 517 g/mol. The zero-order valence-corrected chi connectivity index (χ0v) is 19.4. The number of hydrazone groups is 1. The Morgan fingerprint density at radius 3 is 2.73 bits per heavy atom. The van der Waals surface area contributed by atoms with Crippen LogP contribution in [0.2, 0.25) is 0 Å². The number of H-pyrrole nitrogens is 1. The molecular weight excluding hydrogens is 497 g/mol. The third-order valence-electron chi connectivity index (χ3n) is 5.64. The number of nitrogens with one attached hydrogen (secondary N) is 1. The van der Waals surface area contributed by atoms with E-state index in [-0.39, 0.29) is 47.2 Å². The molecule has 1 N–H and O–H groups in total. The van der Waals surface area contributed by atoms with Gasteiger partial charge in [-0.15, -0.1) is 0 Å². The van der Waals surface area contributed by atoms with Crippen molar-refractivity contribution in [1.82, 2.24) is 20.1 Å². The molecule has 2 aromatic heterocycles. The number of aromatic nitrogens is 3. The minimum Gasteiger partial charge on any atom is -0.494 e. The molecule has 37 heavy (non-hydrogen) atoms. The molecule has 1 aliphatic rings. The second-order valence-corrected chi connectivity index (χ2v) is 8.35. The normalized spacial score (nSPS) is 13.2. The van der Waals surface area contributed by atoms with E-state index >= 15 is 0 Å². The fourth-order valence-corrected chi connectivity index (χ4v) is 3.90. The van der Waals surface area contributed by atoms with E-state index in [4.69, 9.17) is 9.26 Å². The first-order chi connectivity index (χ1) is 17.7.